The predicted molar refractivity (Wildman–Crippen MR) is 113 cm³/mol. The van der Waals surface area contributed by atoms with E-state index in [1.54, 1.807) is 49.4 Å². The van der Waals surface area contributed by atoms with E-state index in [9.17, 15) is 13.2 Å². The highest BCUT2D eigenvalue weighted by Crippen LogP contribution is 2.24. The van der Waals surface area contributed by atoms with Crippen LogP contribution in [0.1, 0.15) is 15.9 Å². The minimum absolute atomic E-state index is 0.0943. The SMILES string of the molecule is Cc1cc(C(=O)Nc2ccccc2Cl)ccc1NS(=O)(=O)c1ccc(Cl)cc1. The maximum absolute atomic E-state index is 12.5. The first-order valence-electron chi connectivity index (χ1n) is 8.21. The fraction of sp³-hybridized carbons (Fsp3) is 0.0500. The van der Waals surface area contributed by atoms with Gasteiger partial charge in [0.15, 0.2) is 0 Å². The second-order valence-electron chi connectivity index (χ2n) is 6.02. The summed E-state index contributed by atoms with van der Waals surface area (Å²) in [7, 11) is -3.77. The van der Waals surface area contributed by atoms with E-state index in [1.807, 2.05) is 0 Å². The number of hydrogen-bond acceptors (Lipinski definition) is 3. The molecule has 0 spiro atoms. The summed E-state index contributed by atoms with van der Waals surface area (Å²) in [5, 5.41) is 3.61. The topological polar surface area (TPSA) is 75.3 Å². The molecule has 28 heavy (non-hydrogen) atoms. The summed E-state index contributed by atoms with van der Waals surface area (Å²) in [4.78, 5) is 12.5. The van der Waals surface area contributed by atoms with Gasteiger partial charge in [-0.3, -0.25) is 9.52 Å². The molecule has 3 rings (SSSR count). The second-order valence-corrected chi connectivity index (χ2v) is 8.55. The molecular weight excluding hydrogens is 419 g/mol. The van der Waals surface area contributed by atoms with Crippen molar-refractivity contribution in [2.45, 2.75) is 11.8 Å². The molecule has 3 aromatic carbocycles. The summed E-state index contributed by atoms with van der Waals surface area (Å²) in [6.45, 7) is 1.71. The van der Waals surface area contributed by atoms with Crippen molar-refractivity contribution >= 4 is 50.5 Å². The molecule has 0 saturated carbocycles. The van der Waals surface area contributed by atoms with Crippen LogP contribution in [0.4, 0.5) is 11.4 Å². The zero-order valence-electron chi connectivity index (χ0n) is 14.7. The highest BCUT2D eigenvalue weighted by molar-refractivity contribution is 7.92. The summed E-state index contributed by atoms with van der Waals surface area (Å²) in [6, 6.07) is 17.5. The van der Waals surface area contributed by atoms with E-state index < -0.39 is 10.0 Å². The number of carbonyl (C=O) groups excluding carboxylic acids is 1. The Morgan fingerprint density at radius 2 is 1.57 bits per heavy atom. The van der Waals surface area contributed by atoms with Crippen LogP contribution in [-0.2, 0) is 10.0 Å². The van der Waals surface area contributed by atoms with Gasteiger partial charge in [-0.25, -0.2) is 8.42 Å². The smallest absolute Gasteiger partial charge is 0.261 e. The summed E-state index contributed by atoms with van der Waals surface area (Å²) in [6.07, 6.45) is 0. The van der Waals surface area contributed by atoms with E-state index in [2.05, 4.69) is 10.0 Å². The molecule has 0 aromatic heterocycles. The van der Waals surface area contributed by atoms with Crippen molar-refractivity contribution in [2.75, 3.05) is 10.0 Å². The van der Waals surface area contributed by atoms with Gasteiger partial charge >= 0.3 is 0 Å². The average molecular weight is 435 g/mol. The van der Waals surface area contributed by atoms with E-state index in [-0.39, 0.29) is 10.8 Å². The van der Waals surface area contributed by atoms with Crippen molar-refractivity contribution in [3.63, 3.8) is 0 Å². The van der Waals surface area contributed by atoms with Gasteiger partial charge in [0.25, 0.3) is 15.9 Å². The molecule has 144 valence electrons. The highest BCUT2D eigenvalue weighted by atomic mass is 35.5. The Hall–Kier alpha value is -2.54. The van der Waals surface area contributed by atoms with E-state index in [0.717, 1.165) is 0 Å². The molecule has 0 unspecified atom stereocenters. The van der Waals surface area contributed by atoms with E-state index in [1.165, 1.54) is 24.3 Å². The largest absolute Gasteiger partial charge is 0.321 e. The minimum Gasteiger partial charge on any atom is -0.321 e. The van der Waals surface area contributed by atoms with Crippen LogP contribution in [-0.4, -0.2) is 14.3 Å². The number of anilines is 2. The van der Waals surface area contributed by atoms with E-state index in [0.29, 0.717) is 32.5 Å². The molecule has 0 aliphatic carbocycles. The molecule has 0 heterocycles. The van der Waals surface area contributed by atoms with Crippen LogP contribution in [0.3, 0.4) is 0 Å². The van der Waals surface area contributed by atoms with Gasteiger partial charge in [0.05, 0.1) is 21.3 Å². The maximum Gasteiger partial charge on any atom is 0.261 e. The Balaban J connectivity index is 1.79. The van der Waals surface area contributed by atoms with Crippen molar-refractivity contribution in [1.82, 2.24) is 0 Å². The Kier molecular flexibility index (Phi) is 5.93. The second kappa shape index (κ2) is 8.22. The van der Waals surface area contributed by atoms with Gasteiger partial charge in [0.2, 0.25) is 0 Å². The third-order valence-corrected chi connectivity index (χ3v) is 5.94. The Labute approximate surface area is 173 Å². The molecular formula is C20H16Cl2N2O3S. The Morgan fingerprint density at radius 1 is 0.893 bits per heavy atom. The first kappa shape index (κ1) is 20.2. The molecule has 0 aliphatic heterocycles. The molecule has 0 atom stereocenters. The third-order valence-electron chi connectivity index (χ3n) is 3.98. The normalized spacial score (nSPS) is 11.1. The van der Waals surface area contributed by atoms with Crippen molar-refractivity contribution in [1.29, 1.82) is 0 Å². The van der Waals surface area contributed by atoms with E-state index >= 15 is 0 Å². The maximum atomic E-state index is 12.5. The van der Waals surface area contributed by atoms with Gasteiger partial charge in [-0.2, -0.15) is 0 Å². The zero-order valence-corrected chi connectivity index (χ0v) is 17.1. The molecule has 1 amide bonds. The molecule has 8 heteroatoms. The van der Waals surface area contributed by atoms with Crippen molar-refractivity contribution < 1.29 is 13.2 Å². The number of aryl methyl sites for hydroxylation is 1. The number of para-hydroxylation sites is 1. The Morgan fingerprint density at radius 3 is 2.21 bits per heavy atom. The van der Waals surface area contributed by atoms with Crippen LogP contribution in [0.15, 0.2) is 71.6 Å². The lowest BCUT2D eigenvalue weighted by molar-refractivity contribution is 0.102. The van der Waals surface area contributed by atoms with Gasteiger partial charge in [0, 0.05) is 10.6 Å². The molecule has 0 radical (unpaired) electrons. The summed E-state index contributed by atoms with van der Waals surface area (Å²) < 4.78 is 27.6. The summed E-state index contributed by atoms with van der Waals surface area (Å²) in [5.74, 6) is -0.344. The number of nitrogens with one attached hydrogen (secondary N) is 2. The highest BCUT2D eigenvalue weighted by Gasteiger charge is 2.16. The summed E-state index contributed by atoms with van der Waals surface area (Å²) >= 11 is 11.9. The van der Waals surface area contributed by atoms with Crippen LogP contribution in [0.2, 0.25) is 10.0 Å². The number of hydrogen-bond donors (Lipinski definition) is 2. The number of halogens is 2. The molecule has 0 bridgehead atoms. The summed E-state index contributed by atoms with van der Waals surface area (Å²) in [5.41, 5.74) is 1.86. The molecule has 0 fully saturated rings. The molecule has 0 saturated heterocycles. The van der Waals surface area contributed by atoms with Crippen molar-refractivity contribution in [2.24, 2.45) is 0 Å². The fourth-order valence-corrected chi connectivity index (χ4v) is 3.93. The number of amides is 1. The lowest BCUT2D eigenvalue weighted by Crippen LogP contribution is -2.15. The van der Waals surface area contributed by atoms with Crippen molar-refractivity contribution in [3.05, 3.63) is 87.9 Å². The van der Waals surface area contributed by atoms with Crippen LogP contribution >= 0.6 is 23.2 Å². The van der Waals surface area contributed by atoms with Gasteiger partial charge in [-0.05, 0) is 67.1 Å². The first-order valence-corrected chi connectivity index (χ1v) is 10.4. The van der Waals surface area contributed by atoms with Gasteiger partial charge < -0.3 is 5.32 Å². The van der Waals surface area contributed by atoms with Gasteiger partial charge in [-0.1, -0.05) is 35.3 Å². The first-order chi connectivity index (χ1) is 13.3. The van der Waals surface area contributed by atoms with Crippen LogP contribution in [0, 0.1) is 6.92 Å². The van der Waals surface area contributed by atoms with Gasteiger partial charge in [0.1, 0.15) is 0 Å². The standard InChI is InChI=1S/C20H16Cl2N2O3S/c1-13-12-14(20(25)23-19-5-3-2-4-17(19)22)6-11-18(13)24-28(26,27)16-9-7-15(21)8-10-16/h2-12,24H,1H3,(H,23,25). The third kappa shape index (κ3) is 4.65. The lowest BCUT2D eigenvalue weighted by Gasteiger charge is -2.12. The predicted octanol–water partition coefficient (Wildman–Crippen LogP) is 5.35. The molecule has 0 aliphatic rings. The van der Waals surface area contributed by atoms with Crippen LogP contribution in [0.5, 0.6) is 0 Å². The molecule has 3 aromatic rings. The average Bonchev–Trinajstić information content (AvgIpc) is 2.65. The number of benzene rings is 3. The van der Waals surface area contributed by atoms with Crippen LogP contribution in [0.25, 0.3) is 0 Å². The van der Waals surface area contributed by atoms with E-state index in [4.69, 9.17) is 23.2 Å². The minimum atomic E-state index is -3.77. The molecule has 2 N–H and O–H groups in total. The number of rotatable bonds is 5. The number of carbonyl (C=O) groups is 1. The number of sulfonamides is 1. The fourth-order valence-electron chi connectivity index (χ4n) is 2.49. The van der Waals surface area contributed by atoms with Crippen LogP contribution < -0.4 is 10.0 Å². The lowest BCUT2D eigenvalue weighted by atomic mass is 10.1. The Bertz CT molecular complexity index is 1130. The monoisotopic (exact) mass is 434 g/mol. The quantitative estimate of drug-likeness (QED) is 0.567. The van der Waals surface area contributed by atoms with Gasteiger partial charge in [-0.15, -0.1) is 0 Å². The molecule has 5 nitrogen and oxygen atoms in total. The zero-order chi connectivity index (χ0) is 20.3. The van der Waals surface area contributed by atoms with Crippen molar-refractivity contribution in [3.8, 4) is 0 Å².